The van der Waals surface area contributed by atoms with Crippen LogP contribution in [0.15, 0.2) is 57.9 Å². The zero-order chi connectivity index (χ0) is 21.2. The van der Waals surface area contributed by atoms with Crippen LogP contribution in [0.4, 0.5) is 13.2 Å². The second kappa shape index (κ2) is 8.34. The molecule has 0 aliphatic carbocycles. The molecule has 1 N–H and O–H groups in total. The Kier molecular flexibility index (Phi) is 6.04. The minimum atomic E-state index is -4.69. The summed E-state index contributed by atoms with van der Waals surface area (Å²) >= 11 is 11.4. The second-order valence-corrected chi connectivity index (χ2v) is 6.90. The lowest BCUT2D eigenvalue weighted by Crippen LogP contribution is -2.32. The first-order valence-electron chi connectivity index (χ1n) is 8.22. The quantitative estimate of drug-likeness (QED) is 0.617. The number of carbonyl (C=O) groups is 1. The monoisotopic (exact) mass is 444 g/mol. The van der Waals surface area contributed by atoms with Crippen LogP contribution >= 0.6 is 23.2 Å². The van der Waals surface area contributed by atoms with E-state index in [9.17, 15) is 22.8 Å². The molecule has 0 bridgehead atoms. The number of nitrogens with zero attached hydrogens (tertiary/aromatic N) is 1. The van der Waals surface area contributed by atoms with Crippen molar-refractivity contribution in [1.29, 1.82) is 0 Å². The third kappa shape index (κ3) is 5.21. The van der Waals surface area contributed by atoms with E-state index < -0.39 is 34.8 Å². The highest BCUT2D eigenvalue weighted by atomic mass is 35.5. The van der Waals surface area contributed by atoms with E-state index in [0.717, 1.165) is 5.56 Å². The molecule has 152 valence electrons. The first-order valence-corrected chi connectivity index (χ1v) is 8.97. The Balaban J connectivity index is 1.66. The molecule has 0 saturated carbocycles. The average Bonchev–Trinajstić information content (AvgIpc) is 3.12. The Labute approximate surface area is 172 Å². The number of halogens is 5. The number of hydrogen-bond acceptors (Lipinski definition) is 3. The van der Waals surface area contributed by atoms with Gasteiger partial charge in [0.2, 0.25) is 5.91 Å². The molecule has 3 rings (SSSR count). The molecule has 0 saturated heterocycles. The van der Waals surface area contributed by atoms with Crippen molar-refractivity contribution in [2.45, 2.75) is 19.3 Å². The molecule has 0 fully saturated rings. The van der Waals surface area contributed by atoms with Crippen molar-refractivity contribution >= 4 is 29.1 Å². The van der Waals surface area contributed by atoms with Crippen molar-refractivity contribution in [2.75, 3.05) is 0 Å². The summed E-state index contributed by atoms with van der Waals surface area (Å²) in [5, 5.41) is 2.45. The number of nitrogens with one attached hydrogen (secondary N) is 1. The molecule has 2 heterocycles. The fourth-order valence-corrected chi connectivity index (χ4v) is 2.86. The smallest absolute Gasteiger partial charge is 0.417 e. The molecule has 0 spiro atoms. The Hall–Kier alpha value is -2.71. The molecule has 0 atom stereocenters. The highest BCUT2D eigenvalue weighted by molar-refractivity contribution is 6.30. The van der Waals surface area contributed by atoms with Gasteiger partial charge in [0, 0.05) is 16.8 Å². The fourth-order valence-electron chi connectivity index (χ4n) is 2.51. The number of pyridine rings is 1. The second-order valence-electron chi connectivity index (χ2n) is 6.06. The maximum absolute atomic E-state index is 12.9. The highest BCUT2D eigenvalue weighted by Crippen LogP contribution is 2.29. The van der Waals surface area contributed by atoms with Gasteiger partial charge in [-0.3, -0.25) is 9.59 Å². The van der Waals surface area contributed by atoms with Crippen molar-refractivity contribution in [3.63, 3.8) is 0 Å². The zero-order valence-corrected chi connectivity index (χ0v) is 16.1. The number of hydrogen-bond donors (Lipinski definition) is 1. The minimum Gasteiger partial charge on any atom is -0.459 e. The maximum Gasteiger partial charge on any atom is 0.417 e. The molecule has 1 aromatic carbocycles. The summed E-state index contributed by atoms with van der Waals surface area (Å²) in [6.07, 6.45) is -4.14. The lowest BCUT2D eigenvalue weighted by atomic mass is 10.2. The molecular formula is C19H13Cl2F3N2O3. The summed E-state index contributed by atoms with van der Waals surface area (Å²) in [6.45, 7) is -0.624. The number of carbonyl (C=O) groups excluding carboxylic acids is 1. The molecule has 0 radical (unpaired) electrons. The largest absolute Gasteiger partial charge is 0.459 e. The average molecular weight is 445 g/mol. The van der Waals surface area contributed by atoms with Gasteiger partial charge in [-0.25, -0.2) is 0 Å². The van der Waals surface area contributed by atoms with Crippen LogP contribution in [0, 0.1) is 0 Å². The van der Waals surface area contributed by atoms with Gasteiger partial charge in [-0.2, -0.15) is 13.2 Å². The number of furan rings is 1. The predicted molar refractivity (Wildman–Crippen MR) is 102 cm³/mol. The van der Waals surface area contributed by atoms with Crippen molar-refractivity contribution in [3.8, 4) is 11.3 Å². The third-order valence-corrected chi connectivity index (χ3v) is 4.46. The first kappa shape index (κ1) is 21.0. The number of rotatable bonds is 5. The molecule has 5 nitrogen and oxygen atoms in total. The Morgan fingerprint density at radius 2 is 1.79 bits per heavy atom. The molecule has 0 aliphatic heterocycles. The molecule has 10 heteroatoms. The summed E-state index contributed by atoms with van der Waals surface area (Å²) < 4.78 is 44.8. The van der Waals surface area contributed by atoms with Crippen molar-refractivity contribution in [2.24, 2.45) is 0 Å². The van der Waals surface area contributed by atoms with Gasteiger partial charge in [0.05, 0.1) is 12.1 Å². The van der Waals surface area contributed by atoms with Crippen LogP contribution in [0.25, 0.3) is 11.3 Å². The van der Waals surface area contributed by atoms with Gasteiger partial charge >= 0.3 is 6.18 Å². The number of amides is 1. The number of alkyl halides is 3. The molecule has 0 aliphatic rings. The van der Waals surface area contributed by atoms with Gasteiger partial charge in [0.25, 0.3) is 5.56 Å². The van der Waals surface area contributed by atoms with E-state index in [1.165, 1.54) is 0 Å². The third-order valence-electron chi connectivity index (χ3n) is 3.93. The van der Waals surface area contributed by atoms with Crippen LogP contribution in [0.2, 0.25) is 10.0 Å². The molecule has 29 heavy (non-hydrogen) atoms. The molecule has 3 aromatic rings. The first-order chi connectivity index (χ1) is 13.6. The van der Waals surface area contributed by atoms with E-state index in [2.05, 4.69) is 5.32 Å². The summed E-state index contributed by atoms with van der Waals surface area (Å²) in [5.74, 6) is 0.316. The SMILES string of the molecule is O=C(Cn1cc(C(F)(F)F)cc(Cl)c1=O)NCc1ccc(-c2ccc(Cl)cc2)o1. The molecule has 1 amide bonds. The van der Waals surface area contributed by atoms with Crippen molar-refractivity contribution in [1.82, 2.24) is 9.88 Å². The van der Waals surface area contributed by atoms with Gasteiger partial charge < -0.3 is 14.3 Å². The molecular weight excluding hydrogens is 432 g/mol. The van der Waals surface area contributed by atoms with E-state index in [-0.39, 0.29) is 6.54 Å². The van der Waals surface area contributed by atoms with E-state index in [4.69, 9.17) is 27.6 Å². The van der Waals surface area contributed by atoms with Gasteiger partial charge in [0.1, 0.15) is 23.1 Å². The topological polar surface area (TPSA) is 64.2 Å². The number of benzene rings is 1. The minimum absolute atomic E-state index is 0.00608. The van der Waals surface area contributed by atoms with Crippen molar-refractivity contribution < 1.29 is 22.4 Å². The van der Waals surface area contributed by atoms with Gasteiger partial charge in [0.15, 0.2) is 0 Å². The highest BCUT2D eigenvalue weighted by Gasteiger charge is 2.32. The van der Waals surface area contributed by atoms with Crippen LogP contribution < -0.4 is 10.9 Å². The lowest BCUT2D eigenvalue weighted by molar-refractivity contribution is -0.138. The Bertz CT molecular complexity index is 1090. The van der Waals surface area contributed by atoms with E-state index >= 15 is 0 Å². The van der Waals surface area contributed by atoms with Crippen LogP contribution in [0.1, 0.15) is 11.3 Å². The predicted octanol–water partition coefficient (Wildman–Crippen LogP) is 4.75. The fraction of sp³-hybridized carbons (Fsp3) is 0.158. The van der Waals surface area contributed by atoms with Gasteiger partial charge in [-0.1, -0.05) is 23.2 Å². The lowest BCUT2D eigenvalue weighted by Gasteiger charge is -2.11. The summed E-state index contributed by atoms with van der Waals surface area (Å²) in [7, 11) is 0. The summed E-state index contributed by atoms with van der Waals surface area (Å²) in [5.41, 5.74) is -1.22. The maximum atomic E-state index is 12.9. The normalized spacial score (nSPS) is 11.5. The van der Waals surface area contributed by atoms with Gasteiger partial charge in [-0.15, -0.1) is 0 Å². The van der Waals surface area contributed by atoms with Crippen molar-refractivity contribution in [3.05, 3.63) is 80.4 Å². The van der Waals surface area contributed by atoms with E-state index in [1.807, 2.05) is 0 Å². The molecule has 2 aromatic heterocycles. The van der Waals surface area contributed by atoms with Crippen LogP contribution in [0.5, 0.6) is 0 Å². The molecule has 0 unspecified atom stereocenters. The Morgan fingerprint density at radius 3 is 2.45 bits per heavy atom. The van der Waals surface area contributed by atoms with Crippen LogP contribution in [0.3, 0.4) is 0 Å². The zero-order valence-electron chi connectivity index (χ0n) is 14.6. The van der Waals surface area contributed by atoms with Gasteiger partial charge in [-0.05, 0) is 42.5 Å². The number of aromatic nitrogens is 1. The Morgan fingerprint density at radius 1 is 1.10 bits per heavy atom. The van der Waals surface area contributed by atoms with Crippen LogP contribution in [-0.2, 0) is 24.1 Å². The van der Waals surface area contributed by atoms with E-state index in [1.54, 1.807) is 36.4 Å². The van der Waals surface area contributed by atoms with Crippen LogP contribution in [-0.4, -0.2) is 10.5 Å². The van der Waals surface area contributed by atoms with E-state index in [0.29, 0.717) is 33.4 Å². The standard InChI is InChI=1S/C19H13Cl2F3N2O3/c20-13-3-1-11(2-4-13)16-6-5-14(29-16)8-25-17(27)10-26-9-12(19(22,23)24)7-15(21)18(26)28/h1-7,9H,8,10H2,(H,25,27). The summed E-state index contributed by atoms with van der Waals surface area (Å²) in [6, 6.07) is 10.8. The summed E-state index contributed by atoms with van der Waals surface area (Å²) in [4.78, 5) is 24.0.